The van der Waals surface area contributed by atoms with Gasteiger partial charge in [-0.15, -0.1) is 10.2 Å². The molecule has 3 aromatic rings. The van der Waals surface area contributed by atoms with Gasteiger partial charge in [-0.05, 0) is 37.3 Å². The van der Waals surface area contributed by atoms with Crippen LogP contribution in [0.4, 0.5) is 10.8 Å². The van der Waals surface area contributed by atoms with E-state index in [9.17, 15) is 14.4 Å². The second-order valence-electron chi connectivity index (χ2n) is 5.94. The molecule has 0 atom stereocenters. The Labute approximate surface area is 191 Å². The summed E-state index contributed by atoms with van der Waals surface area (Å²) >= 11 is 8.20. The van der Waals surface area contributed by atoms with Crippen LogP contribution in [0.3, 0.4) is 0 Å². The van der Waals surface area contributed by atoms with Gasteiger partial charge >= 0.3 is 5.97 Å². The van der Waals surface area contributed by atoms with Gasteiger partial charge in [-0.1, -0.05) is 52.9 Å². The summed E-state index contributed by atoms with van der Waals surface area (Å²) in [7, 11) is 0. The number of esters is 1. The number of amides is 2. The van der Waals surface area contributed by atoms with E-state index in [1.165, 1.54) is 0 Å². The van der Waals surface area contributed by atoms with E-state index in [2.05, 4.69) is 20.8 Å². The molecule has 0 saturated carbocycles. The number of ether oxygens (including phenoxy) is 1. The summed E-state index contributed by atoms with van der Waals surface area (Å²) in [5.41, 5.74) is 1.06. The number of nitrogens with one attached hydrogen (secondary N) is 2. The van der Waals surface area contributed by atoms with Gasteiger partial charge in [0.2, 0.25) is 11.0 Å². The zero-order chi connectivity index (χ0) is 22.2. The van der Waals surface area contributed by atoms with Gasteiger partial charge in [0.05, 0.1) is 23.6 Å². The maximum Gasteiger partial charge on any atom is 0.340 e. The second-order valence-corrected chi connectivity index (χ2v) is 8.58. The van der Waals surface area contributed by atoms with Crippen molar-refractivity contribution in [1.82, 2.24) is 10.2 Å². The average Bonchev–Trinajstić information content (AvgIpc) is 3.20. The smallest absolute Gasteiger partial charge is 0.340 e. The molecule has 3 rings (SSSR count). The van der Waals surface area contributed by atoms with E-state index < -0.39 is 5.97 Å². The normalized spacial score (nSPS) is 10.4. The van der Waals surface area contributed by atoms with Crippen LogP contribution in [-0.4, -0.2) is 40.3 Å². The van der Waals surface area contributed by atoms with Crippen LogP contribution in [0, 0.1) is 0 Å². The van der Waals surface area contributed by atoms with Crippen molar-refractivity contribution in [2.24, 2.45) is 0 Å². The first kappa shape index (κ1) is 22.7. The molecule has 0 bridgehead atoms. The highest BCUT2D eigenvalue weighted by atomic mass is 35.5. The van der Waals surface area contributed by atoms with Gasteiger partial charge in [0.15, 0.2) is 4.34 Å². The zero-order valence-electron chi connectivity index (χ0n) is 16.3. The Morgan fingerprint density at radius 3 is 2.68 bits per heavy atom. The lowest BCUT2D eigenvalue weighted by molar-refractivity contribution is -0.113. The molecule has 0 aliphatic carbocycles. The largest absolute Gasteiger partial charge is 0.462 e. The highest BCUT2D eigenvalue weighted by Gasteiger charge is 2.15. The lowest BCUT2D eigenvalue weighted by Crippen LogP contribution is -2.17. The molecule has 160 valence electrons. The molecule has 31 heavy (non-hydrogen) atoms. The molecule has 11 heteroatoms. The monoisotopic (exact) mass is 476 g/mol. The lowest BCUT2D eigenvalue weighted by Gasteiger charge is -2.09. The first-order chi connectivity index (χ1) is 15.0. The third kappa shape index (κ3) is 6.51. The number of aromatic nitrogens is 2. The van der Waals surface area contributed by atoms with Gasteiger partial charge < -0.3 is 10.1 Å². The highest BCUT2D eigenvalue weighted by Crippen LogP contribution is 2.26. The van der Waals surface area contributed by atoms with Crippen molar-refractivity contribution in [1.29, 1.82) is 0 Å². The number of carbonyl (C=O) groups is 3. The fourth-order valence-corrected chi connectivity index (χ4v) is 4.15. The van der Waals surface area contributed by atoms with Crippen molar-refractivity contribution in [3.8, 4) is 0 Å². The van der Waals surface area contributed by atoms with Gasteiger partial charge in [0.1, 0.15) is 0 Å². The van der Waals surface area contributed by atoms with Crippen molar-refractivity contribution in [2.45, 2.75) is 11.3 Å². The van der Waals surface area contributed by atoms with E-state index in [0.29, 0.717) is 25.7 Å². The summed E-state index contributed by atoms with van der Waals surface area (Å²) in [6.07, 6.45) is 0. The maximum atomic E-state index is 12.3. The third-order valence-electron chi connectivity index (χ3n) is 3.74. The van der Waals surface area contributed by atoms with E-state index >= 15 is 0 Å². The topological polar surface area (TPSA) is 110 Å². The summed E-state index contributed by atoms with van der Waals surface area (Å²) in [6.45, 7) is 1.95. The minimum absolute atomic E-state index is 0.0496. The third-order valence-corrected chi connectivity index (χ3v) is 5.94. The molecular formula is C20H17ClN4O4S2. The van der Waals surface area contributed by atoms with Gasteiger partial charge in [-0.25, -0.2) is 4.79 Å². The number of hydrogen-bond acceptors (Lipinski definition) is 8. The summed E-state index contributed by atoms with van der Waals surface area (Å²) in [5, 5.41) is 14.0. The average molecular weight is 477 g/mol. The number of para-hydroxylation sites is 1. The number of thioether (sulfide) groups is 1. The molecule has 0 saturated heterocycles. The van der Waals surface area contributed by atoms with Crippen LogP contribution in [-0.2, 0) is 9.53 Å². The van der Waals surface area contributed by atoms with Crippen LogP contribution < -0.4 is 10.6 Å². The molecule has 0 spiro atoms. The van der Waals surface area contributed by atoms with E-state index in [1.807, 2.05) is 0 Å². The molecule has 0 aliphatic heterocycles. The number of hydrogen-bond donors (Lipinski definition) is 2. The molecule has 2 amide bonds. The van der Waals surface area contributed by atoms with Crippen LogP contribution in [0.15, 0.2) is 52.9 Å². The Bertz CT molecular complexity index is 1110. The summed E-state index contributed by atoms with van der Waals surface area (Å²) in [6, 6.07) is 13.2. The number of halogens is 1. The van der Waals surface area contributed by atoms with E-state index in [-0.39, 0.29) is 29.7 Å². The molecule has 0 unspecified atom stereocenters. The van der Waals surface area contributed by atoms with E-state index in [1.54, 1.807) is 55.5 Å². The van der Waals surface area contributed by atoms with Crippen molar-refractivity contribution in [3.63, 3.8) is 0 Å². The predicted molar refractivity (Wildman–Crippen MR) is 121 cm³/mol. The number of carbonyl (C=O) groups excluding carboxylic acids is 3. The maximum absolute atomic E-state index is 12.3. The molecule has 0 radical (unpaired) electrons. The van der Waals surface area contributed by atoms with Crippen LogP contribution in [0.25, 0.3) is 0 Å². The Hall–Kier alpha value is -2.95. The molecule has 2 N–H and O–H groups in total. The second kappa shape index (κ2) is 10.9. The van der Waals surface area contributed by atoms with Crippen molar-refractivity contribution < 1.29 is 19.1 Å². The van der Waals surface area contributed by atoms with Crippen molar-refractivity contribution >= 4 is 63.3 Å². The first-order valence-electron chi connectivity index (χ1n) is 9.05. The van der Waals surface area contributed by atoms with Crippen molar-refractivity contribution in [3.05, 3.63) is 64.7 Å². The Balaban J connectivity index is 1.54. The number of nitrogens with zero attached hydrogens (tertiary/aromatic N) is 2. The SMILES string of the molecule is CCOC(=O)c1ccccc1NC(=O)CSc1nnc(NC(=O)c2cccc(Cl)c2)s1. The number of anilines is 2. The molecule has 2 aromatic carbocycles. The van der Waals surface area contributed by atoms with Crippen LogP contribution in [0.1, 0.15) is 27.6 Å². The molecule has 1 aromatic heterocycles. The first-order valence-corrected chi connectivity index (χ1v) is 11.2. The minimum atomic E-state index is -0.504. The van der Waals surface area contributed by atoms with Crippen LogP contribution >= 0.6 is 34.7 Å². The molecule has 0 aliphatic rings. The zero-order valence-corrected chi connectivity index (χ0v) is 18.6. The van der Waals surface area contributed by atoms with Crippen molar-refractivity contribution in [2.75, 3.05) is 23.0 Å². The summed E-state index contributed by atoms with van der Waals surface area (Å²) < 4.78 is 5.51. The standard InChI is InChI=1S/C20H17ClN4O4S2/c1-2-29-18(28)14-8-3-4-9-15(14)22-16(26)11-30-20-25-24-19(31-20)23-17(27)12-6-5-7-13(21)10-12/h3-10H,2,11H2,1H3,(H,22,26)(H,23,24,27). The molecular weight excluding hydrogens is 460 g/mol. The number of rotatable bonds is 8. The summed E-state index contributed by atoms with van der Waals surface area (Å²) in [5.74, 6) is -1.13. The van der Waals surface area contributed by atoms with Crippen LogP contribution in [0.2, 0.25) is 5.02 Å². The Morgan fingerprint density at radius 2 is 1.90 bits per heavy atom. The Morgan fingerprint density at radius 1 is 1.10 bits per heavy atom. The highest BCUT2D eigenvalue weighted by molar-refractivity contribution is 8.01. The van der Waals surface area contributed by atoms with Gasteiger partial charge in [-0.3, -0.25) is 14.9 Å². The fourth-order valence-electron chi connectivity index (χ4n) is 2.41. The molecule has 8 nitrogen and oxygen atoms in total. The Kier molecular flexibility index (Phi) is 7.99. The van der Waals surface area contributed by atoms with E-state index in [4.69, 9.17) is 16.3 Å². The van der Waals surface area contributed by atoms with Gasteiger partial charge in [-0.2, -0.15) is 0 Å². The molecule has 0 fully saturated rings. The van der Waals surface area contributed by atoms with Gasteiger partial charge in [0.25, 0.3) is 5.91 Å². The molecule has 1 heterocycles. The fraction of sp³-hybridized carbons (Fsp3) is 0.150. The summed E-state index contributed by atoms with van der Waals surface area (Å²) in [4.78, 5) is 36.6. The number of benzene rings is 2. The van der Waals surface area contributed by atoms with Crippen LogP contribution in [0.5, 0.6) is 0 Å². The minimum Gasteiger partial charge on any atom is -0.462 e. The van der Waals surface area contributed by atoms with Gasteiger partial charge in [0, 0.05) is 10.6 Å². The quantitative estimate of drug-likeness (QED) is 0.282. The lowest BCUT2D eigenvalue weighted by atomic mass is 10.2. The predicted octanol–water partition coefficient (Wildman–Crippen LogP) is 4.35. The van der Waals surface area contributed by atoms with E-state index in [0.717, 1.165) is 23.1 Å².